The molecule has 0 aliphatic carbocycles. The zero-order chi connectivity index (χ0) is 15.2. The number of rotatable bonds is 5. The van der Waals surface area contributed by atoms with E-state index in [4.69, 9.17) is 0 Å². The van der Waals surface area contributed by atoms with E-state index in [0.29, 0.717) is 24.3 Å². The lowest BCUT2D eigenvalue weighted by atomic mass is 10.1. The van der Waals surface area contributed by atoms with Crippen molar-refractivity contribution in [2.45, 2.75) is 6.92 Å². The van der Waals surface area contributed by atoms with Crippen molar-refractivity contribution in [2.24, 2.45) is 0 Å². The summed E-state index contributed by atoms with van der Waals surface area (Å²) in [6.45, 7) is 2.71. The Morgan fingerprint density at radius 2 is 1.71 bits per heavy atom. The molecule has 21 heavy (non-hydrogen) atoms. The number of halogens is 1. The molecule has 0 radical (unpaired) electrons. The largest absolute Gasteiger partial charge is 0.356 e. The molecule has 0 saturated heterocycles. The summed E-state index contributed by atoms with van der Waals surface area (Å²) in [6.07, 6.45) is 1.69. The van der Waals surface area contributed by atoms with Crippen LogP contribution in [0.2, 0.25) is 0 Å². The first-order valence-corrected chi connectivity index (χ1v) is 7.32. The maximum atomic E-state index is 11.8. The zero-order valence-corrected chi connectivity index (χ0v) is 13.2. The molecule has 0 aliphatic heterocycles. The van der Waals surface area contributed by atoms with E-state index in [2.05, 4.69) is 31.5 Å². The van der Waals surface area contributed by atoms with Crippen LogP contribution in [0, 0.1) is 6.92 Å². The normalized spacial score (nSPS) is 10.2. The minimum absolute atomic E-state index is 0.146. The Morgan fingerprint density at radius 3 is 2.29 bits per heavy atom. The number of nitrogens with one attached hydrogen (secondary N) is 3. The third-order valence-electron chi connectivity index (χ3n) is 2.90. The van der Waals surface area contributed by atoms with Gasteiger partial charge in [-0.2, -0.15) is 0 Å². The fourth-order valence-corrected chi connectivity index (χ4v) is 2.10. The van der Waals surface area contributed by atoms with Gasteiger partial charge in [-0.25, -0.2) is 0 Å². The molecule has 5 nitrogen and oxygen atoms in total. The predicted molar refractivity (Wildman–Crippen MR) is 84.3 cm³/mol. The molecule has 1 aromatic carbocycles. The van der Waals surface area contributed by atoms with Crippen molar-refractivity contribution in [3.05, 3.63) is 57.8 Å². The van der Waals surface area contributed by atoms with Gasteiger partial charge in [-0.1, -0.05) is 17.7 Å². The van der Waals surface area contributed by atoms with Gasteiger partial charge >= 0.3 is 0 Å². The van der Waals surface area contributed by atoms with E-state index < -0.39 is 0 Å². The Hall–Kier alpha value is -2.08. The summed E-state index contributed by atoms with van der Waals surface area (Å²) in [6, 6.07) is 9.03. The molecule has 2 rings (SSSR count). The first-order valence-electron chi connectivity index (χ1n) is 6.53. The van der Waals surface area contributed by atoms with Crippen LogP contribution in [0.4, 0.5) is 0 Å². The lowest BCUT2D eigenvalue weighted by Gasteiger charge is -2.06. The van der Waals surface area contributed by atoms with Crippen molar-refractivity contribution < 1.29 is 9.59 Å². The van der Waals surface area contributed by atoms with Crippen molar-refractivity contribution >= 4 is 27.7 Å². The van der Waals surface area contributed by atoms with Crippen molar-refractivity contribution in [3.8, 4) is 0 Å². The Balaban J connectivity index is 1.73. The second-order valence-electron chi connectivity index (χ2n) is 4.61. The molecular formula is C15H16BrN3O2. The molecule has 0 atom stereocenters. The second-order valence-corrected chi connectivity index (χ2v) is 5.53. The zero-order valence-electron chi connectivity index (χ0n) is 11.6. The third-order valence-corrected chi connectivity index (χ3v) is 3.36. The highest BCUT2D eigenvalue weighted by Crippen LogP contribution is 2.10. The van der Waals surface area contributed by atoms with E-state index >= 15 is 0 Å². The molecule has 0 unspecified atom stereocenters. The number of hydrogen-bond acceptors (Lipinski definition) is 2. The Labute approximate surface area is 131 Å². The number of H-pyrrole nitrogens is 1. The Morgan fingerprint density at radius 1 is 1.10 bits per heavy atom. The summed E-state index contributed by atoms with van der Waals surface area (Å²) in [5.41, 5.74) is 2.20. The lowest BCUT2D eigenvalue weighted by molar-refractivity contribution is 0.0925. The molecule has 2 aromatic rings. The van der Waals surface area contributed by atoms with Gasteiger partial charge in [-0.15, -0.1) is 0 Å². The smallest absolute Gasteiger partial charge is 0.267 e. The monoisotopic (exact) mass is 349 g/mol. The van der Waals surface area contributed by atoms with Crippen molar-refractivity contribution in [2.75, 3.05) is 13.1 Å². The second kappa shape index (κ2) is 7.08. The van der Waals surface area contributed by atoms with E-state index in [1.54, 1.807) is 24.4 Å². The van der Waals surface area contributed by atoms with E-state index in [0.717, 1.165) is 10.0 Å². The first kappa shape index (κ1) is 15.3. The average Bonchev–Trinajstić information content (AvgIpc) is 2.90. The minimum atomic E-state index is -0.203. The number of aromatic amines is 1. The molecule has 1 aromatic heterocycles. The van der Waals surface area contributed by atoms with Gasteiger partial charge in [0.2, 0.25) is 0 Å². The Bertz CT molecular complexity index is 635. The lowest BCUT2D eigenvalue weighted by Crippen LogP contribution is -2.34. The SMILES string of the molecule is Cc1ccc(C(=O)NCCNC(=O)c2cc(Br)c[nH]2)cc1. The highest BCUT2D eigenvalue weighted by Gasteiger charge is 2.08. The summed E-state index contributed by atoms with van der Waals surface area (Å²) in [4.78, 5) is 26.4. The molecule has 0 fully saturated rings. The number of aromatic nitrogens is 1. The van der Waals surface area contributed by atoms with Crippen LogP contribution >= 0.6 is 15.9 Å². The fourth-order valence-electron chi connectivity index (χ4n) is 1.75. The maximum Gasteiger partial charge on any atom is 0.267 e. The molecule has 1 heterocycles. The number of benzene rings is 1. The standard InChI is InChI=1S/C15H16BrN3O2/c1-10-2-4-11(5-3-10)14(20)17-6-7-18-15(21)13-8-12(16)9-19-13/h2-5,8-9,19H,6-7H2,1H3,(H,17,20)(H,18,21). The highest BCUT2D eigenvalue weighted by atomic mass is 79.9. The van der Waals surface area contributed by atoms with E-state index in [9.17, 15) is 9.59 Å². The molecule has 0 aliphatic rings. The van der Waals surface area contributed by atoms with Gasteiger partial charge in [0.1, 0.15) is 5.69 Å². The number of hydrogen-bond donors (Lipinski definition) is 3. The molecule has 6 heteroatoms. The van der Waals surface area contributed by atoms with Gasteiger partial charge in [0.15, 0.2) is 0 Å². The van der Waals surface area contributed by atoms with Gasteiger partial charge in [0.25, 0.3) is 11.8 Å². The van der Waals surface area contributed by atoms with Gasteiger partial charge in [0.05, 0.1) is 0 Å². The molecular weight excluding hydrogens is 334 g/mol. The molecule has 3 N–H and O–H groups in total. The number of carbonyl (C=O) groups is 2. The average molecular weight is 350 g/mol. The van der Waals surface area contributed by atoms with Gasteiger partial charge in [-0.3, -0.25) is 9.59 Å². The number of aryl methyl sites for hydroxylation is 1. The summed E-state index contributed by atoms with van der Waals surface area (Å²) in [7, 11) is 0. The van der Waals surface area contributed by atoms with Crippen LogP contribution in [-0.4, -0.2) is 29.9 Å². The van der Waals surface area contributed by atoms with Crippen LogP contribution in [0.5, 0.6) is 0 Å². The van der Waals surface area contributed by atoms with Crippen molar-refractivity contribution in [1.29, 1.82) is 0 Å². The predicted octanol–water partition coefficient (Wildman–Crippen LogP) is 2.25. The van der Waals surface area contributed by atoms with Gasteiger partial charge < -0.3 is 15.6 Å². The van der Waals surface area contributed by atoms with E-state index in [1.165, 1.54) is 0 Å². The molecule has 2 amide bonds. The number of amides is 2. The minimum Gasteiger partial charge on any atom is -0.356 e. The maximum absolute atomic E-state index is 11.8. The first-order chi connectivity index (χ1) is 10.1. The van der Waals surface area contributed by atoms with E-state index in [1.807, 2.05) is 19.1 Å². The highest BCUT2D eigenvalue weighted by molar-refractivity contribution is 9.10. The quantitative estimate of drug-likeness (QED) is 0.724. The van der Waals surface area contributed by atoms with Crippen molar-refractivity contribution in [3.63, 3.8) is 0 Å². The topological polar surface area (TPSA) is 74.0 Å². The van der Waals surface area contributed by atoms with Crippen LogP contribution < -0.4 is 10.6 Å². The summed E-state index contributed by atoms with van der Waals surface area (Å²) >= 11 is 3.26. The molecule has 0 spiro atoms. The van der Waals surface area contributed by atoms with Crippen LogP contribution in [0.15, 0.2) is 41.0 Å². The van der Waals surface area contributed by atoms with Crippen LogP contribution in [-0.2, 0) is 0 Å². The fraction of sp³-hybridized carbons (Fsp3) is 0.200. The van der Waals surface area contributed by atoms with Gasteiger partial charge in [0, 0.05) is 29.3 Å². The van der Waals surface area contributed by atoms with Gasteiger partial charge in [-0.05, 0) is 41.1 Å². The molecule has 0 saturated carbocycles. The van der Waals surface area contributed by atoms with Crippen LogP contribution in [0.3, 0.4) is 0 Å². The number of carbonyl (C=O) groups excluding carboxylic acids is 2. The summed E-state index contributed by atoms with van der Waals surface area (Å²) < 4.78 is 0.820. The molecule has 0 bridgehead atoms. The Kier molecular flexibility index (Phi) is 5.16. The summed E-state index contributed by atoms with van der Waals surface area (Å²) in [5, 5.41) is 5.48. The summed E-state index contributed by atoms with van der Waals surface area (Å²) in [5.74, 6) is -0.350. The van der Waals surface area contributed by atoms with Crippen molar-refractivity contribution in [1.82, 2.24) is 15.6 Å². The van der Waals surface area contributed by atoms with Crippen LogP contribution in [0.25, 0.3) is 0 Å². The molecule has 110 valence electrons. The van der Waals surface area contributed by atoms with Crippen LogP contribution in [0.1, 0.15) is 26.4 Å². The van der Waals surface area contributed by atoms with E-state index in [-0.39, 0.29) is 11.8 Å². The third kappa shape index (κ3) is 4.46.